The van der Waals surface area contributed by atoms with E-state index in [4.69, 9.17) is 15.2 Å². The molecule has 0 aliphatic rings. The van der Waals surface area contributed by atoms with Gasteiger partial charge >= 0.3 is 0 Å². The summed E-state index contributed by atoms with van der Waals surface area (Å²) in [5.74, 6) is 0.949. The van der Waals surface area contributed by atoms with Crippen LogP contribution in [0.15, 0.2) is 29.6 Å². The molecule has 0 fully saturated rings. The molecule has 0 bridgehead atoms. The number of methoxy groups -OCH3 is 2. The summed E-state index contributed by atoms with van der Waals surface area (Å²) in [7, 11) is 3.20. The average molecular weight is 292 g/mol. The molecule has 2 rings (SSSR count). The molecule has 6 heteroatoms. The second kappa shape index (κ2) is 6.29. The smallest absolute Gasteiger partial charge is 0.249 e. The molecular weight excluding hydrogens is 276 g/mol. The fourth-order valence-corrected chi connectivity index (χ4v) is 2.55. The van der Waals surface area contributed by atoms with Gasteiger partial charge in [0.15, 0.2) is 11.5 Å². The van der Waals surface area contributed by atoms with Gasteiger partial charge < -0.3 is 20.5 Å². The van der Waals surface area contributed by atoms with Crippen molar-refractivity contribution in [2.75, 3.05) is 19.5 Å². The maximum Gasteiger partial charge on any atom is 0.249 e. The number of benzene rings is 1. The lowest BCUT2D eigenvalue weighted by molar-refractivity contribution is 0.100. The lowest BCUT2D eigenvalue weighted by Crippen LogP contribution is -2.09. The van der Waals surface area contributed by atoms with Crippen molar-refractivity contribution in [3.8, 4) is 11.5 Å². The number of carbonyl (C=O) groups excluding carboxylic acids is 1. The van der Waals surface area contributed by atoms with Crippen LogP contribution in [0.5, 0.6) is 11.5 Å². The third-order valence-corrected chi connectivity index (χ3v) is 3.73. The molecule has 0 saturated carbocycles. The highest BCUT2D eigenvalue weighted by Gasteiger charge is 2.06. The van der Waals surface area contributed by atoms with E-state index in [2.05, 4.69) is 5.32 Å². The summed E-state index contributed by atoms with van der Waals surface area (Å²) in [5, 5.41) is 5.02. The third kappa shape index (κ3) is 3.21. The van der Waals surface area contributed by atoms with E-state index >= 15 is 0 Å². The monoisotopic (exact) mass is 292 g/mol. The lowest BCUT2D eigenvalue weighted by Gasteiger charge is -2.10. The topological polar surface area (TPSA) is 73.6 Å². The Labute approximate surface area is 121 Å². The molecule has 0 radical (unpaired) electrons. The van der Waals surface area contributed by atoms with Crippen LogP contribution in [-0.2, 0) is 6.54 Å². The van der Waals surface area contributed by atoms with Crippen LogP contribution in [0, 0.1) is 0 Å². The van der Waals surface area contributed by atoms with E-state index < -0.39 is 5.91 Å². The van der Waals surface area contributed by atoms with Crippen molar-refractivity contribution in [2.45, 2.75) is 6.54 Å². The Morgan fingerprint density at radius 1 is 1.25 bits per heavy atom. The summed E-state index contributed by atoms with van der Waals surface area (Å²) in [5.41, 5.74) is 6.68. The molecule has 0 atom stereocenters. The second-order valence-electron chi connectivity index (χ2n) is 4.09. The largest absolute Gasteiger partial charge is 0.493 e. The minimum Gasteiger partial charge on any atom is -0.493 e. The molecule has 0 spiro atoms. The fraction of sp³-hybridized carbons (Fsp3) is 0.214. The second-order valence-corrected chi connectivity index (χ2v) is 5.09. The Morgan fingerprint density at radius 2 is 2.00 bits per heavy atom. The van der Waals surface area contributed by atoms with Gasteiger partial charge in [-0.25, -0.2) is 0 Å². The molecule has 5 nitrogen and oxygen atoms in total. The molecular formula is C14H16N2O3S. The summed E-state index contributed by atoms with van der Waals surface area (Å²) in [6, 6.07) is 7.40. The number of anilines is 1. The van der Waals surface area contributed by atoms with Crippen molar-refractivity contribution in [3.05, 3.63) is 40.1 Å². The molecule has 2 aromatic rings. The van der Waals surface area contributed by atoms with Crippen molar-refractivity contribution < 1.29 is 14.3 Å². The first-order valence-corrected chi connectivity index (χ1v) is 6.85. The van der Waals surface area contributed by atoms with E-state index in [9.17, 15) is 4.79 Å². The number of hydrogen-bond acceptors (Lipinski definition) is 5. The molecule has 0 aliphatic heterocycles. The van der Waals surface area contributed by atoms with Crippen molar-refractivity contribution in [1.82, 2.24) is 0 Å². The summed E-state index contributed by atoms with van der Waals surface area (Å²) >= 11 is 1.50. The highest BCUT2D eigenvalue weighted by atomic mass is 32.1. The van der Waals surface area contributed by atoms with Crippen molar-refractivity contribution in [3.63, 3.8) is 0 Å². The van der Waals surface area contributed by atoms with E-state index in [1.807, 2.05) is 18.2 Å². The van der Waals surface area contributed by atoms with Crippen molar-refractivity contribution in [2.24, 2.45) is 5.73 Å². The van der Waals surface area contributed by atoms with Crippen LogP contribution >= 0.6 is 11.3 Å². The highest BCUT2D eigenvalue weighted by molar-refractivity contribution is 7.10. The van der Waals surface area contributed by atoms with E-state index in [0.29, 0.717) is 23.6 Å². The zero-order valence-electron chi connectivity index (χ0n) is 11.3. The highest BCUT2D eigenvalue weighted by Crippen LogP contribution is 2.30. The molecule has 1 aromatic carbocycles. The predicted molar refractivity (Wildman–Crippen MR) is 79.7 cm³/mol. The number of hydrogen-bond donors (Lipinski definition) is 2. The quantitative estimate of drug-likeness (QED) is 0.858. The van der Waals surface area contributed by atoms with Gasteiger partial charge in [0.1, 0.15) is 0 Å². The van der Waals surface area contributed by atoms with Crippen LogP contribution in [0.4, 0.5) is 5.69 Å². The first-order valence-electron chi connectivity index (χ1n) is 5.97. The van der Waals surface area contributed by atoms with Gasteiger partial charge in [0.25, 0.3) is 0 Å². The Kier molecular flexibility index (Phi) is 4.47. The Balaban J connectivity index is 2.04. The summed E-state index contributed by atoms with van der Waals surface area (Å²) in [6.45, 7) is 0.618. The van der Waals surface area contributed by atoms with Gasteiger partial charge in [0, 0.05) is 28.6 Å². The molecule has 1 amide bonds. The molecule has 3 N–H and O–H groups in total. The molecule has 1 heterocycles. The SMILES string of the molecule is COc1ccc(NCc2cc(C(N)=O)cs2)cc1OC. The molecule has 0 aliphatic carbocycles. The summed E-state index contributed by atoms with van der Waals surface area (Å²) < 4.78 is 10.4. The number of nitrogens with one attached hydrogen (secondary N) is 1. The Morgan fingerprint density at radius 3 is 2.60 bits per heavy atom. The number of ether oxygens (including phenoxy) is 2. The molecule has 20 heavy (non-hydrogen) atoms. The van der Waals surface area contributed by atoms with Crippen LogP contribution in [0.1, 0.15) is 15.2 Å². The first-order chi connectivity index (χ1) is 9.63. The number of carbonyl (C=O) groups is 1. The first kappa shape index (κ1) is 14.2. The lowest BCUT2D eigenvalue weighted by atomic mass is 10.2. The average Bonchev–Trinajstić information content (AvgIpc) is 2.94. The third-order valence-electron chi connectivity index (χ3n) is 2.79. The van der Waals surface area contributed by atoms with Crippen LogP contribution in [0.25, 0.3) is 0 Å². The molecule has 0 unspecified atom stereocenters. The summed E-state index contributed by atoms with van der Waals surface area (Å²) in [6.07, 6.45) is 0. The maximum absolute atomic E-state index is 11.0. The zero-order chi connectivity index (χ0) is 14.5. The Bertz CT molecular complexity index is 610. The number of thiophene rings is 1. The van der Waals surface area contributed by atoms with E-state index in [0.717, 1.165) is 10.6 Å². The number of rotatable bonds is 6. The van der Waals surface area contributed by atoms with Gasteiger partial charge in [-0.1, -0.05) is 0 Å². The molecule has 1 aromatic heterocycles. The van der Waals surface area contributed by atoms with Crippen molar-refractivity contribution >= 4 is 22.9 Å². The van der Waals surface area contributed by atoms with Gasteiger partial charge in [0.2, 0.25) is 5.91 Å². The minimum absolute atomic E-state index is 0.404. The number of primary amides is 1. The van der Waals surface area contributed by atoms with Crippen LogP contribution < -0.4 is 20.5 Å². The van der Waals surface area contributed by atoms with E-state index in [1.54, 1.807) is 25.7 Å². The maximum atomic E-state index is 11.0. The van der Waals surface area contributed by atoms with Crippen LogP contribution in [0.3, 0.4) is 0 Å². The molecule has 0 saturated heterocycles. The predicted octanol–water partition coefficient (Wildman–Crippen LogP) is 2.48. The number of amides is 1. The van der Waals surface area contributed by atoms with E-state index in [-0.39, 0.29) is 0 Å². The van der Waals surface area contributed by atoms with Gasteiger partial charge in [-0.15, -0.1) is 11.3 Å². The van der Waals surface area contributed by atoms with Gasteiger partial charge in [0.05, 0.1) is 19.8 Å². The fourth-order valence-electron chi connectivity index (χ4n) is 1.74. The Hall–Kier alpha value is -2.21. The normalized spacial score (nSPS) is 10.1. The van der Waals surface area contributed by atoms with Gasteiger partial charge in [-0.2, -0.15) is 0 Å². The van der Waals surface area contributed by atoms with Gasteiger partial charge in [-0.3, -0.25) is 4.79 Å². The van der Waals surface area contributed by atoms with Crippen LogP contribution in [-0.4, -0.2) is 20.1 Å². The molecule has 106 valence electrons. The van der Waals surface area contributed by atoms with Crippen LogP contribution in [0.2, 0.25) is 0 Å². The minimum atomic E-state index is -0.404. The van der Waals surface area contributed by atoms with E-state index in [1.165, 1.54) is 11.3 Å². The zero-order valence-corrected chi connectivity index (χ0v) is 12.1. The number of nitrogens with two attached hydrogens (primary N) is 1. The standard InChI is InChI=1S/C14H16N2O3S/c1-18-12-4-3-10(6-13(12)19-2)16-7-11-5-9(8-20-11)14(15)17/h3-6,8,16H,7H2,1-2H3,(H2,15,17). The van der Waals surface area contributed by atoms with Crippen molar-refractivity contribution in [1.29, 1.82) is 0 Å². The van der Waals surface area contributed by atoms with Gasteiger partial charge in [-0.05, 0) is 18.2 Å². The summed E-state index contributed by atoms with van der Waals surface area (Å²) in [4.78, 5) is 12.1.